The molecule has 2 fully saturated rings. The first-order valence-electron chi connectivity index (χ1n) is 11.6. The standard InChI is InChI=1S/C24H38N2O4/c1-3-15-30-24(11-4-6-20(2)19-24)23(27)25-21-7-9-22(10-8-21)29-16-5-12-26-13-17-28-18-14-26/h7-10,20H,3-6,11-19H2,1-2H3,(H,25,27)/t20-,24+/m1/s1. The average Bonchev–Trinajstić information content (AvgIpc) is 2.77. The molecular weight excluding hydrogens is 380 g/mol. The van der Waals surface area contributed by atoms with Crippen LogP contribution in [0.2, 0.25) is 0 Å². The highest BCUT2D eigenvalue weighted by Crippen LogP contribution is 2.36. The van der Waals surface area contributed by atoms with E-state index in [1.807, 2.05) is 24.3 Å². The van der Waals surface area contributed by atoms with E-state index in [9.17, 15) is 4.79 Å². The summed E-state index contributed by atoms with van der Waals surface area (Å²) < 4.78 is 17.4. The average molecular weight is 419 g/mol. The van der Waals surface area contributed by atoms with Crippen molar-refractivity contribution in [2.45, 2.75) is 58.0 Å². The van der Waals surface area contributed by atoms with E-state index in [-0.39, 0.29) is 5.91 Å². The van der Waals surface area contributed by atoms with Crippen molar-refractivity contribution in [1.29, 1.82) is 0 Å². The van der Waals surface area contributed by atoms with Crippen molar-refractivity contribution in [3.05, 3.63) is 24.3 Å². The minimum atomic E-state index is -0.692. The molecule has 1 aromatic carbocycles. The number of amides is 1. The van der Waals surface area contributed by atoms with E-state index in [0.717, 1.165) is 76.4 Å². The number of morpholine rings is 1. The number of hydrogen-bond acceptors (Lipinski definition) is 5. The Labute approximate surface area is 181 Å². The molecule has 1 aliphatic carbocycles. The van der Waals surface area contributed by atoms with Crippen molar-refractivity contribution in [3.63, 3.8) is 0 Å². The van der Waals surface area contributed by atoms with E-state index in [2.05, 4.69) is 24.1 Å². The minimum absolute atomic E-state index is 0.0123. The van der Waals surface area contributed by atoms with E-state index in [4.69, 9.17) is 14.2 Å². The third-order valence-electron chi connectivity index (χ3n) is 6.06. The van der Waals surface area contributed by atoms with E-state index >= 15 is 0 Å². The van der Waals surface area contributed by atoms with Crippen molar-refractivity contribution in [2.24, 2.45) is 5.92 Å². The summed E-state index contributed by atoms with van der Waals surface area (Å²) in [6.45, 7) is 10.3. The Hall–Kier alpha value is -1.63. The van der Waals surface area contributed by atoms with Crippen LogP contribution < -0.4 is 10.1 Å². The second-order valence-electron chi connectivity index (χ2n) is 8.68. The van der Waals surface area contributed by atoms with Crippen LogP contribution in [0.3, 0.4) is 0 Å². The molecule has 1 saturated heterocycles. The van der Waals surface area contributed by atoms with Gasteiger partial charge < -0.3 is 19.5 Å². The third-order valence-corrected chi connectivity index (χ3v) is 6.06. The first kappa shape index (κ1) is 23.0. The Kier molecular flexibility index (Phi) is 8.97. The van der Waals surface area contributed by atoms with Gasteiger partial charge in [0.05, 0.1) is 19.8 Å². The second kappa shape index (κ2) is 11.7. The second-order valence-corrected chi connectivity index (χ2v) is 8.68. The molecule has 6 nitrogen and oxygen atoms in total. The fraction of sp³-hybridized carbons (Fsp3) is 0.708. The molecule has 0 aromatic heterocycles. The molecule has 30 heavy (non-hydrogen) atoms. The number of nitrogens with one attached hydrogen (secondary N) is 1. The van der Waals surface area contributed by atoms with Crippen LogP contribution in [-0.2, 0) is 14.3 Å². The number of carbonyl (C=O) groups is 1. The maximum atomic E-state index is 13.1. The molecule has 1 saturated carbocycles. The summed E-state index contributed by atoms with van der Waals surface area (Å²) in [6.07, 6.45) is 5.71. The molecule has 1 aliphatic heterocycles. The molecule has 1 N–H and O–H groups in total. The first-order valence-corrected chi connectivity index (χ1v) is 11.6. The third kappa shape index (κ3) is 6.69. The maximum absolute atomic E-state index is 13.1. The number of benzene rings is 1. The van der Waals surface area contributed by atoms with Gasteiger partial charge in [-0.1, -0.05) is 20.3 Å². The van der Waals surface area contributed by atoms with Crippen LogP contribution in [-0.4, -0.2) is 62.5 Å². The predicted molar refractivity (Wildman–Crippen MR) is 119 cm³/mol. The molecule has 0 bridgehead atoms. The molecule has 6 heteroatoms. The minimum Gasteiger partial charge on any atom is -0.494 e. The van der Waals surface area contributed by atoms with Crippen LogP contribution in [0.5, 0.6) is 5.75 Å². The largest absolute Gasteiger partial charge is 0.494 e. The Morgan fingerprint density at radius 2 is 2.00 bits per heavy atom. The Bertz CT molecular complexity index is 645. The van der Waals surface area contributed by atoms with Crippen LogP contribution in [0, 0.1) is 5.92 Å². The van der Waals surface area contributed by atoms with E-state index in [1.165, 1.54) is 6.42 Å². The van der Waals surface area contributed by atoms with Crippen LogP contribution >= 0.6 is 0 Å². The molecule has 2 aliphatic rings. The van der Waals surface area contributed by atoms with Crippen molar-refractivity contribution >= 4 is 11.6 Å². The lowest BCUT2D eigenvalue weighted by molar-refractivity contribution is -0.148. The van der Waals surface area contributed by atoms with Crippen molar-refractivity contribution in [2.75, 3.05) is 51.4 Å². The summed E-state index contributed by atoms with van der Waals surface area (Å²) in [5.74, 6) is 1.33. The highest BCUT2D eigenvalue weighted by molar-refractivity contribution is 5.97. The van der Waals surface area contributed by atoms with Gasteiger partial charge in [0.2, 0.25) is 0 Å². The normalized spacial score (nSPS) is 25.1. The van der Waals surface area contributed by atoms with Crippen LogP contribution in [0.1, 0.15) is 52.4 Å². The highest BCUT2D eigenvalue weighted by atomic mass is 16.5. The van der Waals surface area contributed by atoms with Crippen molar-refractivity contribution in [3.8, 4) is 5.75 Å². The van der Waals surface area contributed by atoms with Gasteiger partial charge in [-0.25, -0.2) is 0 Å². The number of anilines is 1. The highest BCUT2D eigenvalue weighted by Gasteiger charge is 2.42. The lowest BCUT2D eigenvalue weighted by Gasteiger charge is -2.38. The number of ether oxygens (including phenoxy) is 3. The molecule has 2 atom stereocenters. The Morgan fingerprint density at radius 3 is 2.70 bits per heavy atom. The summed E-state index contributed by atoms with van der Waals surface area (Å²) in [5.41, 5.74) is 0.0980. The molecule has 0 unspecified atom stereocenters. The smallest absolute Gasteiger partial charge is 0.256 e. The molecule has 0 spiro atoms. The van der Waals surface area contributed by atoms with Crippen LogP contribution in [0.4, 0.5) is 5.69 Å². The van der Waals surface area contributed by atoms with Gasteiger partial charge in [0.15, 0.2) is 0 Å². The SMILES string of the molecule is CCCO[C@@]1(C(=O)Nc2ccc(OCCCN3CCOCC3)cc2)CCC[C@@H](C)C1. The van der Waals surface area contributed by atoms with Gasteiger partial charge in [0.25, 0.3) is 5.91 Å². The zero-order chi connectivity index (χ0) is 21.2. The van der Waals surface area contributed by atoms with Crippen molar-refractivity contribution in [1.82, 2.24) is 4.90 Å². The van der Waals surface area contributed by atoms with Crippen LogP contribution in [0.25, 0.3) is 0 Å². The number of hydrogen-bond donors (Lipinski definition) is 1. The van der Waals surface area contributed by atoms with E-state index < -0.39 is 5.60 Å². The Morgan fingerprint density at radius 1 is 1.23 bits per heavy atom. The first-order chi connectivity index (χ1) is 14.6. The molecule has 1 heterocycles. The summed E-state index contributed by atoms with van der Waals surface area (Å²) in [5, 5.41) is 3.08. The lowest BCUT2D eigenvalue weighted by Crippen LogP contribution is -2.48. The van der Waals surface area contributed by atoms with Gasteiger partial charge in [0, 0.05) is 31.9 Å². The quantitative estimate of drug-likeness (QED) is 0.580. The lowest BCUT2D eigenvalue weighted by atomic mass is 9.78. The molecule has 1 amide bonds. The van der Waals surface area contributed by atoms with E-state index in [1.54, 1.807) is 0 Å². The molecule has 0 radical (unpaired) electrons. The summed E-state index contributed by atoms with van der Waals surface area (Å²) in [6, 6.07) is 7.67. The fourth-order valence-electron chi connectivity index (χ4n) is 4.39. The molecule has 1 aromatic rings. The van der Waals surface area contributed by atoms with E-state index in [0.29, 0.717) is 19.1 Å². The number of rotatable bonds is 10. The molecule has 168 valence electrons. The summed E-state index contributed by atoms with van der Waals surface area (Å²) in [4.78, 5) is 15.5. The van der Waals surface area contributed by atoms with Gasteiger partial charge in [-0.15, -0.1) is 0 Å². The van der Waals surface area contributed by atoms with Gasteiger partial charge in [-0.2, -0.15) is 0 Å². The molecule has 3 rings (SSSR count). The summed E-state index contributed by atoms with van der Waals surface area (Å²) in [7, 11) is 0. The van der Waals surface area contributed by atoms with Gasteiger partial charge in [-0.05, 0) is 62.3 Å². The van der Waals surface area contributed by atoms with Gasteiger partial charge >= 0.3 is 0 Å². The molecular formula is C24H38N2O4. The number of carbonyl (C=O) groups excluding carboxylic acids is 1. The van der Waals surface area contributed by atoms with Gasteiger partial charge in [0.1, 0.15) is 11.4 Å². The zero-order valence-corrected chi connectivity index (χ0v) is 18.7. The maximum Gasteiger partial charge on any atom is 0.256 e. The predicted octanol–water partition coefficient (Wildman–Crippen LogP) is 4.10. The number of nitrogens with zero attached hydrogens (tertiary/aromatic N) is 1. The summed E-state index contributed by atoms with van der Waals surface area (Å²) >= 11 is 0. The van der Waals surface area contributed by atoms with Gasteiger partial charge in [-0.3, -0.25) is 9.69 Å². The van der Waals surface area contributed by atoms with Crippen LogP contribution in [0.15, 0.2) is 24.3 Å². The zero-order valence-electron chi connectivity index (χ0n) is 18.7. The fourth-order valence-corrected chi connectivity index (χ4v) is 4.39. The Balaban J connectivity index is 1.46. The topological polar surface area (TPSA) is 60.0 Å². The monoisotopic (exact) mass is 418 g/mol. The van der Waals surface area contributed by atoms with Crippen molar-refractivity contribution < 1.29 is 19.0 Å².